The maximum absolute atomic E-state index is 13.8. The fourth-order valence-electron chi connectivity index (χ4n) is 4.93. The molecule has 1 aliphatic heterocycles. The van der Waals surface area contributed by atoms with E-state index in [9.17, 15) is 18.8 Å². The number of carbonyl (C=O) groups is 3. The first-order valence-electron chi connectivity index (χ1n) is 14.1. The number of amides is 4. The molecule has 14 heteroatoms. The van der Waals surface area contributed by atoms with Crippen molar-refractivity contribution >= 4 is 46.2 Å². The van der Waals surface area contributed by atoms with Crippen molar-refractivity contribution in [2.45, 2.75) is 44.9 Å². The van der Waals surface area contributed by atoms with Gasteiger partial charge in [-0.05, 0) is 35.9 Å². The topological polar surface area (TPSA) is 135 Å². The summed E-state index contributed by atoms with van der Waals surface area (Å²) in [6.45, 7) is 1.44. The van der Waals surface area contributed by atoms with Crippen molar-refractivity contribution in [3.63, 3.8) is 0 Å². The van der Waals surface area contributed by atoms with Gasteiger partial charge in [-0.15, -0.1) is 10.2 Å². The van der Waals surface area contributed by atoms with Crippen molar-refractivity contribution in [2.75, 3.05) is 25.5 Å². The molecule has 0 aliphatic carbocycles. The Morgan fingerprint density at radius 2 is 1.95 bits per heavy atom. The number of benzene rings is 2. The van der Waals surface area contributed by atoms with Gasteiger partial charge in [0, 0.05) is 44.7 Å². The minimum atomic E-state index is -0.730. The van der Waals surface area contributed by atoms with Gasteiger partial charge < -0.3 is 24.4 Å². The molecular formula is C30H32ClFN8O4. The lowest BCUT2D eigenvalue weighted by Gasteiger charge is -2.29. The van der Waals surface area contributed by atoms with Crippen LogP contribution in [0, 0.1) is 5.82 Å². The third-order valence-corrected chi connectivity index (χ3v) is 7.94. The Morgan fingerprint density at radius 3 is 2.80 bits per heavy atom. The van der Waals surface area contributed by atoms with Crippen LogP contribution in [0.5, 0.6) is 0 Å². The highest BCUT2D eigenvalue weighted by atomic mass is 35.5. The summed E-state index contributed by atoms with van der Waals surface area (Å²) < 4.78 is 21.3. The molecule has 230 valence electrons. The molecular weight excluding hydrogens is 591 g/mol. The van der Waals surface area contributed by atoms with Crippen LogP contribution in [0.25, 0.3) is 10.8 Å². The molecule has 0 spiro atoms. The number of hydrogen-bond donors (Lipinski definition) is 2. The fourth-order valence-corrected chi connectivity index (χ4v) is 5.12. The van der Waals surface area contributed by atoms with E-state index < -0.39 is 24.0 Å². The SMILES string of the molecule is CN(C(=O)NCc1cccc(F)c1Cl)[C@@H](CCCC(=O)N1CCn2cnnc2C1)COC(=O)Nc1cc2ccccc2cn1. The lowest BCUT2D eigenvalue weighted by Crippen LogP contribution is -2.46. The molecule has 1 aliphatic rings. The van der Waals surface area contributed by atoms with Gasteiger partial charge in [0.15, 0.2) is 5.82 Å². The zero-order valence-corrected chi connectivity index (χ0v) is 24.8. The van der Waals surface area contributed by atoms with E-state index in [1.54, 1.807) is 36.6 Å². The van der Waals surface area contributed by atoms with Crippen LogP contribution in [-0.4, -0.2) is 73.8 Å². The molecule has 3 heterocycles. The van der Waals surface area contributed by atoms with Gasteiger partial charge in [-0.25, -0.2) is 19.0 Å². The molecule has 0 saturated carbocycles. The minimum absolute atomic E-state index is 0.000469. The number of likely N-dealkylation sites (N-methyl/N-ethyl adjacent to an activating group) is 1. The van der Waals surface area contributed by atoms with E-state index in [0.29, 0.717) is 43.9 Å². The Labute approximate surface area is 258 Å². The fraction of sp³-hybridized carbons (Fsp3) is 0.333. The molecule has 4 amide bonds. The van der Waals surface area contributed by atoms with E-state index in [0.717, 1.165) is 16.6 Å². The number of ether oxygens (including phenoxy) is 1. The van der Waals surface area contributed by atoms with Gasteiger partial charge in [0.25, 0.3) is 0 Å². The Morgan fingerprint density at radius 1 is 1.14 bits per heavy atom. The standard InChI is InChI=1S/C30H32ClFN8O4/c1-38(29(42)34-16-22-8-4-10-24(32)28(22)31)23(9-5-11-27(41)39-12-13-40-19-35-37-26(40)17-39)18-44-30(43)36-25-14-20-6-2-3-7-21(20)15-33-25/h2-4,6-8,10,14-15,19,23H,5,9,11-13,16-18H2,1H3,(H,34,42)(H,33,36,43)/t23-/m0/s1. The third-order valence-electron chi connectivity index (χ3n) is 7.52. The third kappa shape index (κ3) is 7.59. The summed E-state index contributed by atoms with van der Waals surface area (Å²) in [4.78, 5) is 46.1. The Bertz CT molecular complexity index is 1650. The van der Waals surface area contributed by atoms with Crippen molar-refractivity contribution in [3.8, 4) is 0 Å². The molecule has 1 atom stereocenters. The largest absolute Gasteiger partial charge is 0.447 e. The zero-order chi connectivity index (χ0) is 31.1. The number of rotatable bonds is 10. The van der Waals surface area contributed by atoms with Gasteiger partial charge in [-0.3, -0.25) is 10.1 Å². The Hall–Kier alpha value is -4.78. The molecule has 0 fully saturated rings. The molecule has 2 aromatic heterocycles. The highest BCUT2D eigenvalue weighted by molar-refractivity contribution is 6.31. The number of fused-ring (bicyclic) bond motifs is 2. The number of halogens is 2. The monoisotopic (exact) mass is 622 g/mol. The van der Waals surface area contributed by atoms with Crippen LogP contribution in [0.2, 0.25) is 5.02 Å². The van der Waals surface area contributed by atoms with Crippen molar-refractivity contribution in [1.29, 1.82) is 0 Å². The first-order valence-corrected chi connectivity index (χ1v) is 14.5. The number of nitrogens with zero attached hydrogens (tertiary/aromatic N) is 6. The smallest absolute Gasteiger partial charge is 0.412 e. The van der Waals surface area contributed by atoms with Crippen LogP contribution >= 0.6 is 11.6 Å². The normalized spacial score (nSPS) is 13.2. The predicted molar refractivity (Wildman–Crippen MR) is 161 cm³/mol. The van der Waals surface area contributed by atoms with Crippen LogP contribution < -0.4 is 10.6 Å². The van der Waals surface area contributed by atoms with Crippen LogP contribution in [0.1, 0.15) is 30.7 Å². The van der Waals surface area contributed by atoms with Crippen LogP contribution in [-0.2, 0) is 29.2 Å². The first kappa shape index (κ1) is 30.7. The van der Waals surface area contributed by atoms with Crippen molar-refractivity contribution in [2.24, 2.45) is 0 Å². The quantitative estimate of drug-likeness (QED) is 0.264. The van der Waals surface area contributed by atoms with E-state index in [1.807, 2.05) is 28.8 Å². The molecule has 0 bridgehead atoms. The van der Waals surface area contributed by atoms with E-state index in [1.165, 1.54) is 17.0 Å². The second-order valence-corrected chi connectivity index (χ2v) is 10.8. The van der Waals surface area contributed by atoms with E-state index >= 15 is 0 Å². The number of nitrogens with one attached hydrogen (secondary N) is 2. The summed E-state index contributed by atoms with van der Waals surface area (Å²) in [5.41, 5.74) is 0.423. The van der Waals surface area contributed by atoms with E-state index in [2.05, 4.69) is 25.8 Å². The van der Waals surface area contributed by atoms with Gasteiger partial charge in [0.2, 0.25) is 5.91 Å². The van der Waals surface area contributed by atoms with Gasteiger partial charge in [0.1, 0.15) is 24.6 Å². The van der Waals surface area contributed by atoms with Gasteiger partial charge in [-0.1, -0.05) is 48.0 Å². The number of pyridine rings is 1. The molecule has 5 rings (SSSR count). The molecule has 2 aromatic carbocycles. The summed E-state index contributed by atoms with van der Waals surface area (Å²) in [6.07, 6.45) is 3.63. The Kier molecular flexibility index (Phi) is 9.85. The van der Waals surface area contributed by atoms with Crippen LogP contribution in [0.4, 0.5) is 19.8 Å². The molecule has 12 nitrogen and oxygen atoms in total. The Balaban J connectivity index is 1.18. The zero-order valence-electron chi connectivity index (χ0n) is 24.1. The number of aromatic nitrogens is 4. The molecule has 44 heavy (non-hydrogen) atoms. The summed E-state index contributed by atoms with van der Waals surface area (Å²) in [5.74, 6) is 0.444. The number of hydrogen-bond acceptors (Lipinski definition) is 7. The lowest BCUT2D eigenvalue weighted by molar-refractivity contribution is -0.132. The van der Waals surface area contributed by atoms with E-state index in [4.69, 9.17) is 16.3 Å². The summed E-state index contributed by atoms with van der Waals surface area (Å²) in [6, 6.07) is 12.7. The van der Waals surface area contributed by atoms with Crippen molar-refractivity contribution < 1.29 is 23.5 Å². The highest BCUT2D eigenvalue weighted by Gasteiger charge is 2.25. The number of carbonyl (C=O) groups excluding carboxylic acids is 3. The van der Waals surface area contributed by atoms with E-state index in [-0.39, 0.29) is 30.5 Å². The maximum atomic E-state index is 13.8. The molecule has 0 saturated heterocycles. The molecule has 0 unspecified atom stereocenters. The lowest BCUT2D eigenvalue weighted by atomic mass is 10.1. The molecule has 4 aromatic rings. The van der Waals surface area contributed by atoms with Crippen molar-refractivity contribution in [3.05, 3.63) is 83.3 Å². The molecule has 0 radical (unpaired) electrons. The van der Waals surface area contributed by atoms with Crippen molar-refractivity contribution in [1.82, 2.24) is 34.9 Å². The van der Waals surface area contributed by atoms with Gasteiger partial charge in [0.05, 0.1) is 17.6 Å². The summed E-state index contributed by atoms with van der Waals surface area (Å²) >= 11 is 6.03. The predicted octanol–water partition coefficient (Wildman–Crippen LogP) is 4.59. The second kappa shape index (κ2) is 14.1. The number of anilines is 1. The summed E-state index contributed by atoms with van der Waals surface area (Å²) in [7, 11) is 1.57. The highest BCUT2D eigenvalue weighted by Crippen LogP contribution is 2.20. The van der Waals surface area contributed by atoms with Gasteiger partial charge in [-0.2, -0.15) is 0 Å². The van der Waals surface area contributed by atoms with Crippen LogP contribution in [0.15, 0.2) is 61.1 Å². The second-order valence-electron chi connectivity index (χ2n) is 10.4. The molecule has 2 N–H and O–H groups in total. The van der Waals surface area contributed by atoms with Gasteiger partial charge >= 0.3 is 12.1 Å². The number of urea groups is 1. The van der Waals surface area contributed by atoms with Crippen LogP contribution in [0.3, 0.4) is 0 Å². The first-order chi connectivity index (χ1) is 21.3. The average Bonchev–Trinajstić information content (AvgIpc) is 3.51. The average molecular weight is 623 g/mol. The summed E-state index contributed by atoms with van der Waals surface area (Å²) in [5, 5.41) is 15.1. The minimum Gasteiger partial charge on any atom is -0.447 e. The maximum Gasteiger partial charge on any atom is 0.412 e.